The molecule has 1 aliphatic heterocycles. The number of carbonyl (C=O) groups is 11. The van der Waals surface area contributed by atoms with E-state index in [0.717, 1.165) is 22.2 Å². The number of carbonyl (C=O) groups excluding carboxylic acids is 5. The van der Waals surface area contributed by atoms with Gasteiger partial charge in [-0.1, -0.05) is 23.4 Å². The Morgan fingerprint density at radius 1 is 0.581 bits per heavy atom. The number of fused-ring (bicyclic) bond motifs is 1. The van der Waals surface area contributed by atoms with Crippen LogP contribution in [0.4, 0.5) is 21.9 Å². The number of nitrogens with one attached hydrogen (secondary N) is 7. The Labute approximate surface area is 533 Å². The molecule has 0 saturated carbocycles. The van der Waals surface area contributed by atoms with Gasteiger partial charge in [-0.3, -0.25) is 78.2 Å². The predicted molar refractivity (Wildman–Crippen MR) is 326 cm³/mol. The summed E-state index contributed by atoms with van der Waals surface area (Å²) >= 11 is 1.41. The highest BCUT2D eigenvalue weighted by atomic mass is 32.1. The number of amides is 6. The Kier molecular flexibility index (Phi) is 29.6. The van der Waals surface area contributed by atoms with Crippen LogP contribution >= 0.6 is 11.3 Å². The number of non-ortho nitro benzene ring substituents is 1. The molecule has 0 bridgehead atoms. The van der Waals surface area contributed by atoms with E-state index < -0.39 is 143 Å². The molecular weight excluding hydrogens is 1250 g/mol. The van der Waals surface area contributed by atoms with Gasteiger partial charge < -0.3 is 72.4 Å². The van der Waals surface area contributed by atoms with E-state index >= 15 is 0 Å². The maximum Gasteiger partial charge on any atom is 0.326 e. The molecule has 93 heavy (non-hydrogen) atoms. The maximum atomic E-state index is 14.1. The van der Waals surface area contributed by atoms with Gasteiger partial charge in [0.05, 0.1) is 48.6 Å². The highest BCUT2D eigenvalue weighted by Crippen LogP contribution is 2.29. The Morgan fingerprint density at radius 3 is 1.67 bits per heavy atom. The summed E-state index contributed by atoms with van der Waals surface area (Å²) in [7, 11) is 0. The zero-order valence-electron chi connectivity index (χ0n) is 50.2. The van der Waals surface area contributed by atoms with Gasteiger partial charge in [0.1, 0.15) is 29.9 Å². The molecule has 4 aromatic rings. The van der Waals surface area contributed by atoms with Gasteiger partial charge in [-0.15, -0.1) is 11.3 Å². The van der Waals surface area contributed by atoms with E-state index in [9.17, 15) is 98.5 Å². The van der Waals surface area contributed by atoms with Crippen molar-refractivity contribution in [1.29, 1.82) is 0 Å². The maximum absolute atomic E-state index is 14.1. The summed E-state index contributed by atoms with van der Waals surface area (Å²) in [5.41, 5.74) is -0.657. The number of thiophene rings is 1. The summed E-state index contributed by atoms with van der Waals surface area (Å²) in [5, 5.41) is 104. The van der Waals surface area contributed by atoms with Gasteiger partial charge in [0.15, 0.2) is 11.5 Å². The van der Waals surface area contributed by atoms with Crippen LogP contribution in [-0.2, 0) is 56.1 Å². The number of hydrogen-bond acceptors (Lipinski definition) is 23. The molecule has 5 rings (SSSR count). The van der Waals surface area contributed by atoms with Crippen LogP contribution < -0.4 is 37.2 Å². The molecule has 0 aliphatic carbocycles. The molecule has 0 spiro atoms. The fourth-order valence-corrected chi connectivity index (χ4v) is 10.7. The second kappa shape index (κ2) is 37.4. The monoisotopic (exact) mass is 1330 g/mol. The average Bonchev–Trinajstić information content (AvgIpc) is 2.04. The predicted octanol–water partition coefficient (Wildman–Crippen LogP) is 0.262. The number of aromatic nitrogens is 1. The van der Waals surface area contributed by atoms with Crippen molar-refractivity contribution < 1.29 is 97.7 Å². The fourth-order valence-electron chi connectivity index (χ4n) is 9.73. The second-order valence-electron chi connectivity index (χ2n) is 21.5. The van der Waals surface area contributed by atoms with Crippen LogP contribution in [-0.4, -0.2) is 247 Å². The van der Waals surface area contributed by atoms with Crippen LogP contribution in [0.25, 0.3) is 10.1 Å². The molecule has 37 heteroatoms. The van der Waals surface area contributed by atoms with Crippen LogP contribution in [0.1, 0.15) is 73.2 Å². The molecule has 2 aromatic carbocycles. The zero-order chi connectivity index (χ0) is 68.1. The number of unbranched alkanes of at least 4 members (excludes halogenated alkanes) is 2. The number of nitro benzene ring substituents is 2. The number of hydrogen-bond donors (Lipinski definition) is 13. The summed E-state index contributed by atoms with van der Waals surface area (Å²) in [6, 6.07) is 4.87. The third kappa shape index (κ3) is 26.0. The second-order valence-corrected chi connectivity index (χ2v) is 22.5. The van der Waals surface area contributed by atoms with Gasteiger partial charge in [-0.25, -0.2) is 14.4 Å². The van der Waals surface area contributed by atoms with Crippen molar-refractivity contribution >= 4 is 104 Å². The minimum Gasteiger partial charge on any atom is -0.481 e. The van der Waals surface area contributed by atoms with Crippen molar-refractivity contribution in [2.24, 2.45) is 0 Å². The fraction of sp³-hybridized carbons (Fsp3) is 0.500. The van der Waals surface area contributed by atoms with Gasteiger partial charge in [0, 0.05) is 95.1 Å². The van der Waals surface area contributed by atoms with Gasteiger partial charge in [-0.05, 0) is 73.4 Å². The number of anilines is 1. The molecule has 6 amide bonds. The zero-order valence-corrected chi connectivity index (χ0v) is 51.0. The molecule has 0 radical (unpaired) electrons. The van der Waals surface area contributed by atoms with E-state index in [2.05, 4.69) is 37.1 Å². The number of urea groups is 1. The van der Waals surface area contributed by atoms with Gasteiger partial charge in [-0.2, -0.15) is 0 Å². The molecular formula is C56H74N14O22S. The lowest BCUT2D eigenvalue weighted by Gasteiger charge is -2.33. The van der Waals surface area contributed by atoms with E-state index in [1.54, 1.807) is 25.7 Å². The van der Waals surface area contributed by atoms with Crippen LogP contribution in [0, 0.1) is 20.2 Å². The van der Waals surface area contributed by atoms with Gasteiger partial charge in [0.2, 0.25) is 17.7 Å². The van der Waals surface area contributed by atoms with Gasteiger partial charge >= 0.3 is 41.8 Å². The van der Waals surface area contributed by atoms with Crippen LogP contribution in [0.15, 0.2) is 58.4 Å². The van der Waals surface area contributed by atoms with E-state index in [-0.39, 0.29) is 141 Å². The number of nitrogens with zero attached hydrogens (tertiary/aromatic N) is 7. The minimum atomic E-state index is -1.61. The minimum absolute atomic E-state index is 0.00839. The average molecular weight is 1330 g/mol. The van der Waals surface area contributed by atoms with Crippen molar-refractivity contribution in [3.05, 3.63) is 91.2 Å². The Morgan fingerprint density at radius 2 is 1.12 bits per heavy atom. The first kappa shape index (κ1) is 73.8. The summed E-state index contributed by atoms with van der Waals surface area (Å²) in [5.74, 6) is -10.7. The summed E-state index contributed by atoms with van der Waals surface area (Å²) in [4.78, 5) is 166. The lowest BCUT2D eigenvalue weighted by molar-refractivity contribution is -0.393. The molecule has 1 saturated heterocycles. The molecule has 3 heterocycles. The third-order valence-electron chi connectivity index (χ3n) is 14.6. The van der Waals surface area contributed by atoms with Crippen molar-refractivity contribution in [3.8, 4) is 0 Å². The Hall–Kier alpha value is -9.98. The Bertz CT molecular complexity index is 3280. The van der Waals surface area contributed by atoms with Crippen molar-refractivity contribution in [3.63, 3.8) is 0 Å². The van der Waals surface area contributed by atoms with Crippen LogP contribution in [0.2, 0.25) is 0 Å². The van der Waals surface area contributed by atoms with Crippen LogP contribution in [0.3, 0.4) is 0 Å². The molecule has 2 aromatic heterocycles. The molecule has 0 unspecified atom stereocenters. The highest BCUT2D eigenvalue weighted by molar-refractivity contribution is 7.17. The van der Waals surface area contributed by atoms with E-state index in [1.807, 2.05) is 28.9 Å². The summed E-state index contributed by atoms with van der Waals surface area (Å²) in [6.45, 7) is -1.07. The third-order valence-corrected chi connectivity index (χ3v) is 15.6. The summed E-state index contributed by atoms with van der Waals surface area (Å²) < 4.78 is 6.31. The number of carboxylic acid groups (broad SMARTS) is 6. The van der Waals surface area contributed by atoms with Gasteiger partial charge in [0.25, 0.3) is 17.3 Å². The molecule has 1 aliphatic rings. The normalized spacial score (nSPS) is 14.9. The Balaban J connectivity index is 1.27. The largest absolute Gasteiger partial charge is 0.481 e. The molecule has 4 atom stereocenters. The standard InChI is InChI=1S/C56H74N14O22S/c71-46(29-65-17-19-66(30-48(74)75)21-23-68(32-50(78)79)24-22-67(20-18-65)31-49(76)77)60-39(8-3-5-15-57-38-12-11-35(69(88)89)26-44(38)70(90)91)51(80)59-28-36-27-43(64-92-36)53(82)61-42(25-34-33-93-45-10-2-1-7-37(34)45)52(81)58-16-6-4-9-40(54(83)84)62-56(87)63-41(55(85)86)13-14-47(72)73/h1-2,7,10-12,26-27,33,39-42,57H,3-6,8-9,13-25,28-32H2,(H,58,81)(H,59,80)(H,60,71)(H,61,82)(H,72,73)(H,74,75)(H,76,77)(H,78,79)(H,83,84)(H,85,86)(H2,62,63,87)/t39-,40-,41-,42-/m0/s1. The lowest BCUT2D eigenvalue weighted by atomic mass is 10.0. The van der Waals surface area contributed by atoms with Crippen molar-refractivity contribution in [1.82, 2.24) is 56.7 Å². The first-order valence-corrected chi connectivity index (χ1v) is 30.1. The van der Waals surface area contributed by atoms with Crippen LogP contribution in [0.5, 0.6) is 0 Å². The van der Waals surface area contributed by atoms with Crippen molar-refractivity contribution in [2.45, 2.75) is 88.5 Å². The van der Waals surface area contributed by atoms with E-state index in [1.165, 1.54) is 23.5 Å². The molecule has 506 valence electrons. The molecule has 1 fully saturated rings. The SMILES string of the molecule is O=C(O)CC[C@H](NC(=O)N[C@@H](CCCCNC(=O)[C@H](Cc1csc2ccccc12)NC(=O)c1cc(CNC(=O)[C@H](CCCCNc2ccc([N+](=O)[O-])cc2[N+](=O)[O-])NC(=O)CN2CCN(CC(=O)O)CCN(CC(=O)O)CCN(CC(=O)O)CC2)on1)C(=O)O)C(=O)O. The van der Waals surface area contributed by atoms with Crippen molar-refractivity contribution in [2.75, 3.05) is 96.9 Å². The molecule has 13 N–H and O–H groups in total. The highest BCUT2D eigenvalue weighted by Gasteiger charge is 2.30. The number of aliphatic carboxylic acids is 6. The molecule has 36 nitrogen and oxygen atoms in total. The topological polar surface area (TPSA) is 519 Å². The quantitative estimate of drug-likeness (QED) is 0.0164. The van der Waals surface area contributed by atoms with E-state index in [0.29, 0.717) is 5.56 Å². The van der Waals surface area contributed by atoms with E-state index in [4.69, 9.17) is 9.63 Å². The number of rotatable bonds is 37. The lowest BCUT2D eigenvalue weighted by Crippen LogP contribution is -2.52. The smallest absolute Gasteiger partial charge is 0.326 e. The number of benzene rings is 2. The number of nitro groups is 2. The first-order chi connectivity index (χ1) is 44.2. The summed E-state index contributed by atoms with van der Waals surface area (Å²) in [6.07, 6.45) is -0.484. The number of carboxylic acids is 6. The first-order valence-electron chi connectivity index (χ1n) is 29.3.